The van der Waals surface area contributed by atoms with E-state index in [1.54, 1.807) is 50.2 Å². The van der Waals surface area contributed by atoms with Crippen molar-refractivity contribution in [2.24, 2.45) is 0 Å². The summed E-state index contributed by atoms with van der Waals surface area (Å²) in [5.74, 6) is -0.913. The first-order valence-corrected chi connectivity index (χ1v) is 9.10. The summed E-state index contributed by atoms with van der Waals surface area (Å²) in [6.45, 7) is 6.80. The van der Waals surface area contributed by atoms with Crippen LogP contribution in [0.4, 0.5) is 16.2 Å². The average molecular weight is 399 g/mol. The van der Waals surface area contributed by atoms with Gasteiger partial charge in [-0.05, 0) is 75.2 Å². The van der Waals surface area contributed by atoms with Gasteiger partial charge in [0.2, 0.25) is 0 Å². The number of amides is 3. The van der Waals surface area contributed by atoms with Gasteiger partial charge in [-0.2, -0.15) is 0 Å². The largest absolute Gasteiger partial charge is 0.481 e. The van der Waals surface area contributed by atoms with Crippen LogP contribution >= 0.6 is 0 Å². The Kier molecular flexibility index (Phi) is 7.19. The second-order valence-electron chi connectivity index (χ2n) is 6.91. The Bertz CT molecular complexity index is 884. The van der Waals surface area contributed by atoms with Gasteiger partial charge < -0.3 is 25.8 Å². The number of carbonyl (C=O) groups excluding carboxylic acids is 2. The quantitative estimate of drug-likeness (QED) is 0.568. The van der Waals surface area contributed by atoms with E-state index in [0.29, 0.717) is 33.8 Å². The number of urea groups is 1. The molecule has 0 saturated heterocycles. The smallest absolute Gasteiger partial charge is 0.341 e. The van der Waals surface area contributed by atoms with Crippen LogP contribution in [-0.2, 0) is 4.79 Å². The number of benzene rings is 2. The van der Waals surface area contributed by atoms with Crippen molar-refractivity contribution in [3.05, 3.63) is 53.1 Å². The fraction of sp³-hybridized carbons (Fsp3) is 0.286. The number of carboxylic acids is 1. The molecule has 0 aromatic heterocycles. The first-order valence-electron chi connectivity index (χ1n) is 9.10. The molecule has 8 nitrogen and oxygen atoms in total. The summed E-state index contributed by atoms with van der Waals surface area (Å²) in [6.07, 6.45) is 0. The van der Waals surface area contributed by atoms with E-state index < -0.39 is 12.6 Å². The molecule has 0 fully saturated rings. The van der Waals surface area contributed by atoms with Crippen LogP contribution in [0.1, 0.15) is 35.3 Å². The maximum atomic E-state index is 12.6. The van der Waals surface area contributed by atoms with E-state index in [4.69, 9.17) is 9.84 Å². The molecule has 2 rings (SSSR count). The third kappa shape index (κ3) is 6.53. The Labute approximate surface area is 169 Å². The molecule has 0 aliphatic heterocycles. The molecular weight excluding hydrogens is 374 g/mol. The van der Waals surface area contributed by atoms with Gasteiger partial charge in [-0.25, -0.2) is 9.59 Å². The lowest BCUT2D eigenvalue weighted by molar-refractivity contribution is -0.139. The van der Waals surface area contributed by atoms with Crippen LogP contribution in [-0.4, -0.2) is 35.7 Å². The summed E-state index contributed by atoms with van der Waals surface area (Å²) in [4.78, 5) is 35.0. The highest BCUT2D eigenvalue weighted by molar-refractivity contribution is 6.04. The highest BCUT2D eigenvalue weighted by atomic mass is 16.5. The van der Waals surface area contributed by atoms with Crippen molar-refractivity contribution in [1.82, 2.24) is 5.32 Å². The predicted octanol–water partition coefficient (Wildman–Crippen LogP) is 3.55. The maximum Gasteiger partial charge on any atom is 0.341 e. The molecular formula is C21H25N3O5. The SMILES string of the molecule is Cc1cc(C(=O)Nc2ccc(NC(=O)NC(C)C)cc2)cc(C)c1OCC(=O)O. The second kappa shape index (κ2) is 9.59. The van der Waals surface area contributed by atoms with Gasteiger partial charge >= 0.3 is 12.0 Å². The maximum absolute atomic E-state index is 12.6. The van der Waals surface area contributed by atoms with E-state index in [2.05, 4.69) is 16.0 Å². The minimum absolute atomic E-state index is 0.0291. The minimum Gasteiger partial charge on any atom is -0.481 e. The lowest BCUT2D eigenvalue weighted by atomic mass is 10.0. The summed E-state index contributed by atoms with van der Waals surface area (Å²) in [5, 5.41) is 17.0. The number of hydrogen-bond acceptors (Lipinski definition) is 4. The molecule has 0 unspecified atom stereocenters. The van der Waals surface area contributed by atoms with Gasteiger partial charge in [0.25, 0.3) is 5.91 Å². The highest BCUT2D eigenvalue weighted by Crippen LogP contribution is 2.25. The monoisotopic (exact) mass is 399 g/mol. The molecule has 29 heavy (non-hydrogen) atoms. The Morgan fingerprint density at radius 3 is 1.97 bits per heavy atom. The Balaban J connectivity index is 2.04. The summed E-state index contributed by atoms with van der Waals surface area (Å²) in [6, 6.07) is 9.77. The van der Waals surface area contributed by atoms with Crippen LogP contribution in [0.2, 0.25) is 0 Å². The van der Waals surface area contributed by atoms with Crippen molar-refractivity contribution in [3.8, 4) is 5.75 Å². The van der Waals surface area contributed by atoms with Crippen LogP contribution < -0.4 is 20.7 Å². The number of aryl methyl sites for hydroxylation is 2. The van der Waals surface area contributed by atoms with E-state index in [0.717, 1.165) is 0 Å². The number of nitrogens with one attached hydrogen (secondary N) is 3. The summed E-state index contributed by atoms with van der Waals surface area (Å²) < 4.78 is 5.28. The highest BCUT2D eigenvalue weighted by Gasteiger charge is 2.13. The van der Waals surface area contributed by atoms with Gasteiger partial charge in [0.1, 0.15) is 5.75 Å². The van der Waals surface area contributed by atoms with Crippen molar-refractivity contribution in [2.45, 2.75) is 33.7 Å². The van der Waals surface area contributed by atoms with Gasteiger partial charge in [0, 0.05) is 23.0 Å². The molecule has 0 atom stereocenters. The predicted molar refractivity (Wildman–Crippen MR) is 111 cm³/mol. The first-order chi connectivity index (χ1) is 13.7. The zero-order chi connectivity index (χ0) is 21.6. The molecule has 3 amide bonds. The van der Waals surface area contributed by atoms with Gasteiger partial charge in [0.15, 0.2) is 6.61 Å². The molecule has 4 N–H and O–H groups in total. The third-order valence-electron chi connectivity index (χ3n) is 3.88. The average Bonchev–Trinajstić information content (AvgIpc) is 2.61. The Morgan fingerprint density at radius 2 is 1.48 bits per heavy atom. The molecule has 0 spiro atoms. The van der Waals surface area contributed by atoms with Crippen molar-refractivity contribution < 1.29 is 24.2 Å². The normalized spacial score (nSPS) is 10.4. The lowest BCUT2D eigenvalue weighted by Gasteiger charge is -2.13. The van der Waals surface area contributed by atoms with Crippen LogP contribution in [0.25, 0.3) is 0 Å². The van der Waals surface area contributed by atoms with Gasteiger partial charge in [-0.1, -0.05) is 0 Å². The van der Waals surface area contributed by atoms with Crippen molar-refractivity contribution >= 4 is 29.3 Å². The fourth-order valence-corrected chi connectivity index (χ4v) is 2.71. The van der Waals surface area contributed by atoms with Crippen LogP contribution in [0, 0.1) is 13.8 Å². The minimum atomic E-state index is -1.06. The summed E-state index contributed by atoms with van der Waals surface area (Å²) >= 11 is 0. The number of rotatable bonds is 7. The van der Waals surface area contributed by atoms with Crippen molar-refractivity contribution in [1.29, 1.82) is 0 Å². The van der Waals surface area contributed by atoms with Gasteiger partial charge in [-0.15, -0.1) is 0 Å². The summed E-state index contributed by atoms with van der Waals surface area (Å²) in [5.41, 5.74) is 2.96. The van der Waals surface area contributed by atoms with E-state index in [1.165, 1.54) is 0 Å². The van der Waals surface area contributed by atoms with E-state index in [9.17, 15) is 14.4 Å². The van der Waals surface area contributed by atoms with Crippen molar-refractivity contribution in [3.63, 3.8) is 0 Å². The Hall–Kier alpha value is -3.55. The number of carboxylic acid groups (broad SMARTS) is 1. The van der Waals surface area contributed by atoms with Crippen LogP contribution in [0.15, 0.2) is 36.4 Å². The number of carbonyl (C=O) groups is 3. The third-order valence-corrected chi connectivity index (χ3v) is 3.88. The number of anilines is 2. The lowest BCUT2D eigenvalue weighted by Crippen LogP contribution is -2.34. The van der Waals surface area contributed by atoms with E-state index in [-0.39, 0.29) is 18.0 Å². The fourth-order valence-electron chi connectivity index (χ4n) is 2.71. The molecule has 0 heterocycles. The number of aliphatic carboxylic acids is 1. The standard InChI is InChI=1S/C21H25N3O5/c1-12(2)22-21(28)24-17-7-5-16(6-8-17)23-20(27)15-9-13(3)19(14(4)10-15)29-11-18(25)26/h5-10,12H,11H2,1-4H3,(H,23,27)(H,25,26)(H2,22,24,28). The number of ether oxygens (including phenoxy) is 1. The molecule has 0 aliphatic rings. The van der Waals surface area contributed by atoms with Gasteiger partial charge in [-0.3, -0.25) is 4.79 Å². The van der Waals surface area contributed by atoms with E-state index in [1.807, 2.05) is 13.8 Å². The zero-order valence-corrected chi connectivity index (χ0v) is 16.8. The topological polar surface area (TPSA) is 117 Å². The number of hydrogen-bond donors (Lipinski definition) is 4. The summed E-state index contributed by atoms with van der Waals surface area (Å²) in [7, 11) is 0. The molecule has 8 heteroatoms. The molecule has 0 saturated carbocycles. The zero-order valence-electron chi connectivity index (χ0n) is 16.8. The first kappa shape index (κ1) is 21.7. The molecule has 154 valence electrons. The van der Waals surface area contributed by atoms with Crippen LogP contribution in [0.3, 0.4) is 0 Å². The Morgan fingerprint density at radius 1 is 0.966 bits per heavy atom. The molecule has 0 radical (unpaired) electrons. The molecule has 2 aromatic rings. The molecule has 0 aliphatic carbocycles. The van der Waals surface area contributed by atoms with Crippen LogP contribution in [0.5, 0.6) is 5.75 Å². The van der Waals surface area contributed by atoms with Crippen molar-refractivity contribution in [2.75, 3.05) is 17.2 Å². The molecule has 2 aromatic carbocycles. The second-order valence-corrected chi connectivity index (χ2v) is 6.91. The van der Waals surface area contributed by atoms with Gasteiger partial charge in [0.05, 0.1) is 0 Å². The molecule has 0 bridgehead atoms. The van der Waals surface area contributed by atoms with E-state index >= 15 is 0 Å².